The van der Waals surface area contributed by atoms with Gasteiger partial charge in [0.15, 0.2) is 12.1 Å². The minimum atomic E-state index is -1.09. The number of hydrogen-bond acceptors (Lipinski definition) is 4. The maximum atomic E-state index is 10.9. The van der Waals surface area contributed by atoms with Crippen molar-refractivity contribution in [3.8, 4) is 5.75 Å². The summed E-state index contributed by atoms with van der Waals surface area (Å²) in [6.07, 6.45) is 2.40. The lowest BCUT2D eigenvalue weighted by Crippen LogP contribution is -2.07. The van der Waals surface area contributed by atoms with Gasteiger partial charge >= 0.3 is 5.97 Å². The third-order valence-corrected chi connectivity index (χ3v) is 2.78. The summed E-state index contributed by atoms with van der Waals surface area (Å²) < 4.78 is 10.7. The summed E-state index contributed by atoms with van der Waals surface area (Å²) in [5.74, 6) is 0.0700. The van der Waals surface area contributed by atoms with Gasteiger partial charge in [0, 0.05) is 6.42 Å². The zero-order valence-electron chi connectivity index (χ0n) is 10.6. The molecule has 1 heterocycles. The molecule has 5 heteroatoms. The molecule has 100 valence electrons. The number of oxazole rings is 1. The highest BCUT2D eigenvalue weighted by molar-refractivity contribution is 5.86. The Hall–Kier alpha value is -2.30. The molecule has 19 heavy (non-hydrogen) atoms. The van der Waals surface area contributed by atoms with Crippen molar-refractivity contribution in [3.63, 3.8) is 0 Å². The van der Waals surface area contributed by atoms with Crippen LogP contribution < -0.4 is 4.74 Å². The fraction of sp³-hybridized carbons (Fsp3) is 0.286. The van der Waals surface area contributed by atoms with E-state index in [-0.39, 0.29) is 5.69 Å². The molecule has 0 saturated carbocycles. The predicted molar refractivity (Wildman–Crippen MR) is 68.5 cm³/mol. The van der Waals surface area contributed by atoms with Crippen LogP contribution in [0.4, 0.5) is 0 Å². The van der Waals surface area contributed by atoms with Gasteiger partial charge in [0.1, 0.15) is 11.5 Å². The first-order valence-corrected chi connectivity index (χ1v) is 6.08. The van der Waals surface area contributed by atoms with Crippen LogP contribution in [-0.4, -0.2) is 22.7 Å². The van der Waals surface area contributed by atoms with Gasteiger partial charge in [-0.05, 0) is 18.1 Å². The number of para-hydroxylation sites is 1. The average Bonchev–Trinajstić information content (AvgIpc) is 2.88. The van der Waals surface area contributed by atoms with Crippen LogP contribution in [0.15, 0.2) is 35.1 Å². The number of rotatable bonds is 6. The Labute approximate surface area is 110 Å². The minimum Gasteiger partial charge on any atom is -0.493 e. The molecule has 0 bridgehead atoms. The second kappa shape index (κ2) is 6.04. The zero-order valence-corrected chi connectivity index (χ0v) is 10.6. The summed E-state index contributed by atoms with van der Waals surface area (Å²) in [4.78, 5) is 14.5. The van der Waals surface area contributed by atoms with E-state index in [1.165, 1.54) is 0 Å². The van der Waals surface area contributed by atoms with Crippen molar-refractivity contribution in [1.29, 1.82) is 0 Å². The molecule has 0 saturated heterocycles. The van der Waals surface area contributed by atoms with Crippen LogP contribution in [0.5, 0.6) is 5.75 Å². The largest absolute Gasteiger partial charge is 0.493 e. The van der Waals surface area contributed by atoms with E-state index in [4.69, 9.17) is 14.3 Å². The van der Waals surface area contributed by atoms with Crippen LogP contribution in [0.1, 0.15) is 28.7 Å². The number of nitrogens with zero attached hydrogens (tertiary/aromatic N) is 1. The molecule has 0 unspecified atom stereocenters. The molecule has 1 N–H and O–H groups in total. The third kappa shape index (κ3) is 3.13. The lowest BCUT2D eigenvalue weighted by molar-refractivity contribution is 0.0688. The first-order chi connectivity index (χ1) is 9.22. The fourth-order valence-corrected chi connectivity index (χ4v) is 1.81. The highest BCUT2D eigenvalue weighted by Gasteiger charge is 2.15. The van der Waals surface area contributed by atoms with E-state index in [9.17, 15) is 4.79 Å². The minimum absolute atomic E-state index is 0.0487. The normalized spacial score (nSPS) is 10.4. The zero-order chi connectivity index (χ0) is 13.7. The van der Waals surface area contributed by atoms with E-state index in [2.05, 4.69) is 11.9 Å². The van der Waals surface area contributed by atoms with Crippen LogP contribution in [0.3, 0.4) is 0 Å². The molecule has 0 atom stereocenters. The maximum Gasteiger partial charge on any atom is 0.358 e. The van der Waals surface area contributed by atoms with E-state index >= 15 is 0 Å². The predicted octanol–water partition coefficient (Wildman–Crippen LogP) is 2.56. The van der Waals surface area contributed by atoms with Gasteiger partial charge in [-0.25, -0.2) is 9.78 Å². The van der Waals surface area contributed by atoms with Crippen LogP contribution >= 0.6 is 0 Å². The fourth-order valence-electron chi connectivity index (χ4n) is 1.81. The molecule has 2 rings (SSSR count). The first-order valence-electron chi connectivity index (χ1n) is 6.08. The second-order valence-electron chi connectivity index (χ2n) is 3.99. The van der Waals surface area contributed by atoms with Crippen LogP contribution in [0.2, 0.25) is 0 Å². The van der Waals surface area contributed by atoms with Gasteiger partial charge in [-0.15, -0.1) is 0 Å². The molecule has 1 aromatic carbocycles. The summed E-state index contributed by atoms with van der Waals surface area (Å²) in [5.41, 5.74) is 1.07. The van der Waals surface area contributed by atoms with Crippen molar-refractivity contribution in [2.45, 2.75) is 19.8 Å². The Kier molecular flexibility index (Phi) is 4.18. The van der Waals surface area contributed by atoms with Crippen molar-refractivity contribution in [2.24, 2.45) is 0 Å². The van der Waals surface area contributed by atoms with Crippen molar-refractivity contribution >= 4 is 5.97 Å². The summed E-state index contributed by atoms with van der Waals surface area (Å²) in [5, 5.41) is 8.89. The molecule has 0 amide bonds. The lowest BCUT2D eigenvalue weighted by Gasteiger charge is -2.09. The first kappa shape index (κ1) is 13.1. The summed E-state index contributed by atoms with van der Waals surface area (Å²) in [6, 6.07) is 7.78. The molecule has 0 aliphatic rings. The van der Waals surface area contributed by atoms with Gasteiger partial charge in [-0.1, -0.05) is 25.1 Å². The highest BCUT2D eigenvalue weighted by atomic mass is 16.5. The van der Waals surface area contributed by atoms with E-state index in [0.29, 0.717) is 18.8 Å². The van der Waals surface area contributed by atoms with Crippen molar-refractivity contribution in [2.75, 3.05) is 6.61 Å². The Morgan fingerprint density at radius 3 is 2.95 bits per heavy atom. The average molecular weight is 261 g/mol. The van der Waals surface area contributed by atoms with E-state index in [0.717, 1.165) is 24.1 Å². The molecule has 0 aliphatic carbocycles. The van der Waals surface area contributed by atoms with E-state index in [1.54, 1.807) is 0 Å². The monoisotopic (exact) mass is 261 g/mol. The number of aromatic carboxylic acids is 1. The van der Waals surface area contributed by atoms with Gasteiger partial charge < -0.3 is 14.3 Å². The smallest absolute Gasteiger partial charge is 0.358 e. The van der Waals surface area contributed by atoms with E-state index < -0.39 is 5.97 Å². The van der Waals surface area contributed by atoms with Gasteiger partial charge in [-0.3, -0.25) is 0 Å². The molecule has 2 aromatic rings. The number of aryl methyl sites for hydroxylation is 1. The van der Waals surface area contributed by atoms with Crippen molar-refractivity contribution < 1.29 is 19.1 Å². The molecular weight excluding hydrogens is 246 g/mol. The molecule has 0 fully saturated rings. The van der Waals surface area contributed by atoms with Crippen molar-refractivity contribution in [1.82, 2.24) is 4.98 Å². The molecular formula is C14H15NO4. The molecule has 0 aliphatic heterocycles. The number of ether oxygens (including phenoxy) is 1. The molecule has 1 aromatic heterocycles. The van der Waals surface area contributed by atoms with Crippen LogP contribution in [0.25, 0.3) is 0 Å². The topological polar surface area (TPSA) is 72.6 Å². The number of carboxylic acids is 1. The number of hydrogen-bond donors (Lipinski definition) is 1. The molecule has 0 radical (unpaired) electrons. The van der Waals surface area contributed by atoms with Gasteiger partial charge in [0.25, 0.3) is 0 Å². The Morgan fingerprint density at radius 1 is 1.42 bits per heavy atom. The van der Waals surface area contributed by atoms with Crippen LogP contribution in [-0.2, 0) is 12.8 Å². The summed E-state index contributed by atoms with van der Waals surface area (Å²) >= 11 is 0. The van der Waals surface area contributed by atoms with E-state index in [1.807, 2.05) is 24.3 Å². The number of aromatic nitrogens is 1. The van der Waals surface area contributed by atoms with Gasteiger partial charge in [0.05, 0.1) is 6.61 Å². The van der Waals surface area contributed by atoms with Gasteiger partial charge in [0.2, 0.25) is 0 Å². The van der Waals surface area contributed by atoms with Gasteiger partial charge in [-0.2, -0.15) is 0 Å². The molecule has 0 spiro atoms. The maximum absolute atomic E-state index is 10.9. The highest BCUT2D eigenvalue weighted by Crippen LogP contribution is 2.18. The number of benzene rings is 1. The Morgan fingerprint density at radius 2 is 2.21 bits per heavy atom. The quantitative estimate of drug-likeness (QED) is 0.865. The summed E-state index contributed by atoms with van der Waals surface area (Å²) in [6.45, 7) is 2.41. The second-order valence-corrected chi connectivity index (χ2v) is 3.99. The van der Waals surface area contributed by atoms with Crippen molar-refractivity contribution in [3.05, 3.63) is 47.7 Å². The standard InChI is InChI=1S/C14H15NO4/c1-2-10-5-3-4-6-11(10)18-8-7-12-13(14(16)17)15-9-19-12/h3-6,9H,2,7-8H2,1H3,(H,16,17). The Balaban J connectivity index is 1.96. The SMILES string of the molecule is CCc1ccccc1OCCc1ocnc1C(=O)O. The Bertz CT molecular complexity index is 562. The third-order valence-electron chi connectivity index (χ3n) is 2.78. The molecule has 5 nitrogen and oxygen atoms in total. The lowest BCUT2D eigenvalue weighted by atomic mass is 10.1. The van der Waals surface area contributed by atoms with Crippen LogP contribution in [0, 0.1) is 0 Å². The number of carbonyl (C=O) groups is 1. The summed E-state index contributed by atoms with van der Waals surface area (Å²) in [7, 11) is 0. The number of carboxylic acid groups (broad SMARTS) is 1.